The first kappa shape index (κ1) is 16.2. The van der Waals surface area contributed by atoms with Crippen LogP contribution in [-0.2, 0) is 6.18 Å². The Kier molecular flexibility index (Phi) is 3.87. The van der Waals surface area contributed by atoms with Gasteiger partial charge in [-0.15, -0.1) is 0 Å². The minimum atomic E-state index is -4.63. The van der Waals surface area contributed by atoms with Gasteiger partial charge in [0.25, 0.3) is 0 Å². The summed E-state index contributed by atoms with van der Waals surface area (Å²) >= 11 is 0. The molecule has 0 N–H and O–H groups in total. The van der Waals surface area contributed by atoms with Crippen molar-refractivity contribution in [1.29, 1.82) is 0 Å². The smallest absolute Gasteiger partial charge is 0.417 e. The van der Waals surface area contributed by atoms with Crippen LogP contribution in [0.15, 0.2) is 42.5 Å². The number of hydrogen-bond acceptors (Lipinski definition) is 2. The number of ether oxygens (including phenoxy) is 1. The summed E-state index contributed by atoms with van der Waals surface area (Å²) < 4.78 is 71.5. The molecule has 3 rings (SSSR count). The van der Waals surface area contributed by atoms with Crippen molar-refractivity contribution in [2.24, 2.45) is 0 Å². The molecular formula is C17H10F5NO. The largest absolute Gasteiger partial charge is 0.436 e. The van der Waals surface area contributed by atoms with E-state index in [2.05, 4.69) is 4.98 Å². The fourth-order valence-corrected chi connectivity index (χ4v) is 2.33. The summed E-state index contributed by atoms with van der Waals surface area (Å²) in [4.78, 5) is 4.03. The molecule has 1 heterocycles. The molecule has 0 aliphatic carbocycles. The standard InChI is InChI=1S/C17H10F5NO/c1-9-3-2-4-11-12(17(20,21)22)8-15(23-16(9)11)24-14-6-5-10(18)7-13(14)19/h2-8H,1H3. The van der Waals surface area contributed by atoms with Crippen LogP contribution in [0.25, 0.3) is 10.9 Å². The molecule has 124 valence electrons. The zero-order chi connectivity index (χ0) is 17.5. The number of rotatable bonds is 2. The van der Waals surface area contributed by atoms with Crippen LogP contribution in [0.4, 0.5) is 22.0 Å². The number of nitrogens with zero attached hydrogens (tertiary/aromatic N) is 1. The molecule has 0 aliphatic heterocycles. The Morgan fingerprint density at radius 3 is 2.42 bits per heavy atom. The van der Waals surface area contributed by atoms with Crippen LogP contribution in [-0.4, -0.2) is 4.98 Å². The quantitative estimate of drug-likeness (QED) is 0.564. The Morgan fingerprint density at radius 1 is 1.00 bits per heavy atom. The van der Waals surface area contributed by atoms with E-state index >= 15 is 0 Å². The van der Waals surface area contributed by atoms with Gasteiger partial charge < -0.3 is 4.74 Å². The van der Waals surface area contributed by atoms with E-state index in [0.29, 0.717) is 17.7 Å². The van der Waals surface area contributed by atoms with Crippen molar-refractivity contribution in [3.05, 3.63) is 65.2 Å². The fourth-order valence-electron chi connectivity index (χ4n) is 2.33. The van der Waals surface area contributed by atoms with Crippen LogP contribution in [0.1, 0.15) is 11.1 Å². The van der Waals surface area contributed by atoms with Gasteiger partial charge in [0, 0.05) is 17.5 Å². The van der Waals surface area contributed by atoms with E-state index in [1.54, 1.807) is 13.0 Å². The highest BCUT2D eigenvalue weighted by Crippen LogP contribution is 2.38. The molecule has 0 bridgehead atoms. The van der Waals surface area contributed by atoms with E-state index in [1.165, 1.54) is 12.1 Å². The summed E-state index contributed by atoms with van der Waals surface area (Å²) in [5.41, 5.74) is -0.318. The summed E-state index contributed by atoms with van der Waals surface area (Å²) in [6.45, 7) is 1.61. The first-order valence-electron chi connectivity index (χ1n) is 6.86. The molecule has 3 aromatic rings. The van der Waals surface area contributed by atoms with Crippen molar-refractivity contribution in [3.63, 3.8) is 0 Å². The van der Waals surface area contributed by atoms with E-state index in [4.69, 9.17) is 4.74 Å². The van der Waals surface area contributed by atoms with E-state index in [9.17, 15) is 22.0 Å². The average Bonchev–Trinajstić information content (AvgIpc) is 2.49. The molecule has 24 heavy (non-hydrogen) atoms. The monoisotopic (exact) mass is 339 g/mol. The number of aromatic nitrogens is 1. The number of halogens is 5. The lowest BCUT2D eigenvalue weighted by Crippen LogP contribution is -2.07. The summed E-state index contributed by atoms with van der Waals surface area (Å²) in [6.07, 6.45) is -4.63. The second-order valence-electron chi connectivity index (χ2n) is 5.15. The molecule has 0 amide bonds. The summed E-state index contributed by atoms with van der Waals surface area (Å²) in [5.74, 6) is -2.69. The van der Waals surface area contributed by atoms with Gasteiger partial charge in [-0.3, -0.25) is 0 Å². The van der Waals surface area contributed by atoms with Gasteiger partial charge >= 0.3 is 6.18 Å². The number of benzene rings is 2. The first-order valence-corrected chi connectivity index (χ1v) is 6.86. The Bertz CT molecular complexity index is 921. The molecule has 0 radical (unpaired) electrons. The lowest BCUT2D eigenvalue weighted by atomic mass is 10.1. The highest BCUT2D eigenvalue weighted by Gasteiger charge is 2.34. The van der Waals surface area contributed by atoms with E-state index in [1.807, 2.05) is 0 Å². The van der Waals surface area contributed by atoms with Gasteiger partial charge in [0.2, 0.25) is 5.88 Å². The molecule has 2 aromatic carbocycles. The SMILES string of the molecule is Cc1cccc2c(C(F)(F)F)cc(Oc3ccc(F)cc3F)nc12. The molecule has 0 saturated heterocycles. The normalized spacial score (nSPS) is 11.8. The Morgan fingerprint density at radius 2 is 1.75 bits per heavy atom. The average molecular weight is 339 g/mol. The van der Waals surface area contributed by atoms with Crippen molar-refractivity contribution in [3.8, 4) is 11.6 Å². The molecule has 1 aromatic heterocycles. The number of alkyl halides is 3. The third-order valence-corrected chi connectivity index (χ3v) is 3.43. The molecule has 0 atom stereocenters. The fraction of sp³-hybridized carbons (Fsp3) is 0.118. The maximum absolute atomic E-state index is 13.6. The van der Waals surface area contributed by atoms with Crippen LogP contribution < -0.4 is 4.74 Å². The van der Waals surface area contributed by atoms with Crippen LogP contribution in [0.5, 0.6) is 11.6 Å². The molecule has 0 unspecified atom stereocenters. The Balaban J connectivity index is 2.16. The zero-order valence-corrected chi connectivity index (χ0v) is 12.3. The lowest BCUT2D eigenvalue weighted by molar-refractivity contribution is -0.136. The van der Waals surface area contributed by atoms with Crippen molar-refractivity contribution in [2.45, 2.75) is 13.1 Å². The van der Waals surface area contributed by atoms with Crippen LogP contribution in [0.2, 0.25) is 0 Å². The molecule has 0 spiro atoms. The second kappa shape index (κ2) is 5.74. The summed E-state index contributed by atoms with van der Waals surface area (Å²) in [5, 5.41) is -0.0746. The molecular weight excluding hydrogens is 329 g/mol. The van der Waals surface area contributed by atoms with Crippen molar-refractivity contribution >= 4 is 10.9 Å². The van der Waals surface area contributed by atoms with Crippen LogP contribution in [0, 0.1) is 18.6 Å². The number of para-hydroxylation sites is 1. The molecule has 0 saturated carbocycles. The highest BCUT2D eigenvalue weighted by molar-refractivity contribution is 5.86. The Labute approximate surface area is 133 Å². The highest BCUT2D eigenvalue weighted by atomic mass is 19.4. The van der Waals surface area contributed by atoms with E-state index in [-0.39, 0.29) is 10.9 Å². The van der Waals surface area contributed by atoms with Crippen molar-refractivity contribution < 1.29 is 26.7 Å². The van der Waals surface area contributed by atoms with Crippen molar-refractivity contribution in [2.75, 3.05) is 0 Å². The zero-order valence-electron chi connectivity index (χ0n) is 12.3. The minimum absolute atomic E-state index is 0.0746. The first-order chi connectivity index (χ1) is 11.3. The third kappa shape index (κ3) is 3.02. The van der Waals surface area contributed by atoms with Gasteiger partial charge in [-0.25, -0.2) is 13.8 Å². The van der Waals surface area contributed by atoms with Crippen LogP contribution in [0.3, 0.4) is 0 Å². The van der Waals surface area contributed by atoms with Crippen molar-refractivity contribution in [1.82, 2.24) is 4.98 Å². The number of hydrogen-bond donors (Lipinski definition) is 0. The van der Waals surface area contributed by atoms with E-state index < -0.39 is 35.0 Å². The topological polar surface area (TPSA) is 22.1 Å². The predicted molar refractivity (Wildman–Crippen MR) is 77.9 cm³/mol. The second-order valence-corrected chi connectivity index (χ2v) is 5.15. The van der Waals surface area contributed by atoms with Gasteiger partial charge in [0.05, 0.1) is 11.1 Å². The molecule has 0 aliphatic rings. The minimum Gasteiger partial charge on any atom is -0.436 e. The summed E-state index contributed by atoms with van der Waals surface area (Å²) in [7, 11) is 0. The van der Waals surface area contributed by atoms with Gasteiger partial charge in [-0.1, -0.05) is 18.2 Å². The molecule has 2 nitrogen and oxygen atoms in total. The third-order valence-electron chi connectivity index (χ3n) is 3.43. The van der Waals surface area contributed by atoms with Gasteiger partial charge in [0.15, 0.2) is 11.6 Å². The molecule has 0 fully saturated rings. The summed E-state index contributed by atoms with van der Waals surface area (Å²) in [6, 6.07) is 7.61. The van der Waals surface area contributed by atoms with Gasteiger partial charge in [-0.2, -0.15) is 13.2 Å². The predicted octanol–water partition coefficient (Wildman–Crippen LogP) is 5.63. The molecule has 7 heteroatoms. The number of pyridine rings is 1. The van der Waals surface area contributed by atoms with Crippen LogP contribution >= 0.6 is 0 Å². The van der Waals surface area contributed by atoms with E-state index in [0.717, 1.165) is 12.1 Å². The number of fused-ring (bicyclic) bond motifs is 1. The Hall–Kier alpha value is -2.70. The maximum Gasteiger partial charge on any atom is 0.417 e. The van der Waals surface area contributed by atoms with Gasteiger partial charge in [-0.05, 0) is 24.6 Å². The van der Waals surface area contributed by atoms with Gasteiger partial charge in [0.1, 0.15) is 5.82 Å². The maximum atomic E-state index is 13.6. The lowest BCUT2D eigenvalue weighted by Gasteiger charge is -2.14. The number of aryl methyl sites for hydroxylation is 1.